The molecule has 82 valence electrons. The van der Waals surface area contributed by atoms with Gasteiger partial charge in [-0.05, 0) is 19.1 Å². The highest BCUT2D eigenvalue weighted by Crippen LogP contribution is 2.19. The number of para-hydroxylation sites is 1. The number of nitrogens with zero attached hydrogens (tertiary/aromatic N) is 1. The Balaban J connectivity index is 3.04. The first kappa shape index (κ1) is 11.5. The minimum Gasteiger partial charge on any atom is -0.395 e. The number of nitrogens with one attached hydrogen (secondary N) is 1. The van der Waals surface area contributed by atoms with Gasteiger partial charge < -0.3 is 15.7 Å². The van der Waals surface area contributed by atoms with Crippen molar-refractivity contribution in [2.45, 2.75) is 6.92 Å². The van der Waals surface area contributed by atoms with Crippen molar-refractivity contribution in [1.29, 1.82) is 5.41 Å². The zero-order valence-corrected chi connectivity index (χ0v) is 8.90. The van der Waals surface area contributed by atoms with E-state index in [2.05, 4.69) is 0 Å². The van der Waals surface area contributed by atoms with E-state index < -0.39 is 0 Å². The Labute approximate surface area is 89.8 Å². The van der Waals surface area contributed by atoms with Gasteiger partial charge in [0.05, 0.1) is 6.61 Å². The lowest BCUT2D eigenvalue weighted by molar-refractivity contribution is 0.302. The average molecular weight is 207 g/mol. The van der Waals surface area contributed by atoms with E-state index in [1.165, 1.54) is 0 Å². The van der Waals surface area contributed by atoms with Gasteiger partial charge >= 0.3 is 0 Å². The second-order valence-corrected chi connectivity index (χ2v) is 3.23. The maximum atomic E-state index is 8.93. The Morgan fingerprint density at radius 3 is 2.67 bits per heavy atom. The van der Waals surface area contributed by atoms with Gasteiger partial charge in [0.15, 0.2) is 0 Å². The summed E-state index contributed by atoms with van der Waals surface area (Å²) < 4.78 is 0. The van der Waals surface area contributed by atoms with Crippen LogP contribution in [0.1, 0.15) is 12.5 Å². The molecule has 0 aliphatic carbocycles. The Hall–Kier alpha value is -1.55. The number of anilines is 1. The third kappa shape index (κ3) is 2.70. The molecule has 0 unspecified atom stereocenters. The zero-order chi connectivity index (χ0) is 11.3. The van der Waals surface area contributed by atoms with Crippen LogP contribution in [0.5, 0.6) is 0 Å². The summed E-state index contributed by atoms with van der Waals surface area (Å²) >= 11 is 0. The van der Waals surface area contributed by atoms with E-state index in [1.807, 2.05) is 36.1 Å². The number of rotatable bonds is 5. The molecule has 0 atom stereocenters. The molecule has 4 heteroatoms. The molecule has 4 N–H and O–H groups in total. The molecule has 0 saturated heterocycles. The van der Waals surface area contributed by atoms with Crippen LogP contribution >= 0.6 is 0 Å². The van der Waals surface area contributed by atoms with Crippen molar-refractivity contribution >= 4 is 11.5 Å². The molecular formula is C11H17N3O. The largest absolute Gasteiger partial charge is 0.395 e. The lowest BCUT2D eigenvalue weighted by Crippen LogP contribution is -2.28. The number of hydrogen-bond acceptors (Lipinski definition) is 3. The maximum Gasteiger partial charge on any atom is 0.124 e. The van der Waals surface area contributed by atoms with Crippen molar-refractivity contribution in [2.24, 2.45) is 5.73 Å². The number of hydrogen-bond donors (Lipinski definition) is 3. The Bertz CT molecular complexity index is 338. The first-order valence-corrected chi connectivity index (χ1v) is 5.00. The van der Waals surface area contributed by atoms with Gasteiger partial charge in [0, 0.05) is 24.3 Å². The zero-order valence-electron chi connectivity index (χ0n) is 8.90. The summed E-state index contributed by atoms with van der Waals surface area (Å²) in [6.07, 6.45) is 0. The van der Waals surface area contributed by atoms with Crippen LogP contribution in [0.4, 0.5) is 5.69 Å². The smallest absolute Gasteiger partial charge is 0.124 e. The Morgan fingerprint density at radius 2 is 2.13 bits per heavy atom. The van der Waals surface area contributed by atoms with E-state index in [4.69, 9.17) is 16.2 Å². The summed E-state index contributed by atoms with van der Waals surface area (Å²) in [5.74, 6) is 0.0574. The monoisotopic (exact) mass is 207 g/mol. The first-order valence-electron chi connectivity index (χ1n) is 5.00. The second-order valence-electron chi connectivity index (χ2n) is 3.23. The predicted octanol–water partition coefficient (Wildman–Crippen LogP) is 0.789. The van der Waals surface area contributed by atoms with Crippen LogP contribution in [-0.2, 0) is 0 Å². The molecule has 0 bridgehead atoms. The van der Waals surface area contributed by atoms with Gasteiger partial charge in [-0.25, -0.2) is 0 Å². The van der Waals surface area contributed by atoms with Crippen LogP contribution in [0.3, 0.4) is 0 Å². The summed E-state index contributed by atoms with van der Waals surface area (Å²) in [6, 6.07) is 7.49. The number of nitrogens with two attached hydrogens (primary N) is 1. The van der Waals surface area contributed by atoms with Crippen molar-refractivity contribution < 1.29 is 5.11 Å². The van der Waals surface area contributed by atoms with Gasteiger partial charge in [-0.1, -0.05) is 12.1 Å². The van der Waals surface area contributed by atoms with Crippen molar-refractivity contribution in [3.63, 3.8) is 0 Å². The van der Waals surface area contributed by atoms with E-state index >= 15 is 0 Å². The number of aliphatic hydroxyl groups excluding tert-OH is 1. The molecule has 0 heterocycles. The normalized spacial score (nSPS) is 10.0. The number of benzene rings is 1. The molecule has 0 saturated carbocycles. The third-order valence-electron chi connectivity index (χ3n) is 2.29. The fourth-order valence-corrected chi connectivity index (χ4v) is 1.55. The predicted molar refractivity (Wildman–Crippen MR) is 62.4 cm³/mol. The highest BCUT2D eigenvalue weighted by Gasteiger charge is 2.09. The van der Waals surface area contributed by atoms with E-state index in [-0.39, 0.29) is 12.4 Å². The van der Waals surface area contributed by atoms with Crippen molar-refractivity contribution in [3.05, 3.63) is 29.8 Å². The van der Waals surface area contributed by atoms with Crippen molar-refractivity contribution in [1.82, 2.24) is 0 Å². The number of likely N-dealkylation sites (N-methyl/N-ethyl adjacent to an activating group) is 1. The quantitative estimate of drug-likeness (QED) is 0.493. The Morgan fingerprint density at radius 1 is 1.47 bits per heavy atom. The highest BCUT2D eigenvalue weighted by atomic mass is 16.3. The van der Waals surface area contributed by atoms with E-state index in [9.17, 15) is 0 Å². The van der Waals surface area contributed by atoms with Crippen LogP contribution < -0.4 is 10.6 Å². The summed E-state index contributed by atoms with van der Waals surface area (Å²) in [5.41, 5.74) is 7.12. The number of nitrogen functional groups attached to an aromatic ring is 1. The van der Waals surface area contributed by atoms with Gasteiger partial charge in [-0.15, -0.1) is 0 Å². The SMILES string of the molecule is CCN(CCO)c1ccccc1C(=N)N. The minimum absolute atomic E-state index is 0.0574. The van der Waals surface area contributed by atoms with Gasteiger partial charge in [-0.2, -0.15) is 0 Å². The van der Waals surface area contributed by atoms with Crippen LogP contribution in [0.2, 0.25) is 0 Å². The van der Waals surface area contributed by atoms with Gasteiger partial charge in [0.1, 0.15) is 5.84 Å². The average Bonchev–Trinajstić information content (AvgIpc) is 2.26. The van der Waals surface area contributed by atoms with E-state index in [0.717, 1.165) is 12.2 Å². The molecule has 0 aliphatic heterocycles. The number of aliphatic hydroxyl groups is 1. The molecular weight excluding hydrogens is 190 g/mol. The second kappa shape index (κ2) is 5.36. The summed E-state index contributed by atoms with van der Waals surface area (Å²) in [7, 11) is 0. The van der Waals surface area contributed by atoms with Crippen LogP contribution in [-0.4, -0.2) is 30.6 Å². The molecule has 15 heavy (non-hydrogen) atoms. The molecule has 0 amide bonds. The van der Waals surface area contributed by atoms with E-state index in [0.29, 0.717) is 12.1 Å². The fourth-order valence-electron chi connectivity index (χ4n) is 1.55. The summed E-state index contributed by atoms with van der Waals surface area (Å²) in [6.45, 7) is 3.44. The molecule has 0 spiro atoms. The van der Waals surface area contributed by atoms with Crippen molar-refractivity contribution in [2.75, 3.05) is 24.6 Å². The first-order chi connectivity index (χ1) is 7.20. The van der Waals surface area contributed by atoms with Crippen LogP contribution in [0.15, 0.2) is 24.3 Å². The Kier molecular flexibility index (Phi) is 4.12. The van der Waals surface area contributed by atoms with Gasteiger partial charge in [0.25, 0.3) is 0 Å². The lowest BCUT2D eigenvalue weighted by Gasteiger charge is -2.24. The highest BCUT2D eigenvalue weighted by molar-refractivity contribution is 6.00. The van der Waals surface area contributed by atoms with Crippen molar-refractivity contribution in [3.8, 4) is 0 Å². The van der Waals surface area contributed by atoms with Crippen LogP contribution in [0, 0.1) is 5.41 Å². The summed E-state index contributed by atoms with van der Waals surface area (Å²) in [5, 5.41) is 16.4. The molecule has 1 rings (SSSR count). The maximum absolute atomic E-state index is 8.93. The number of amidine groups is 1. The molecule has 0 fully saturated rings. The fraction of sp³-hybridized carbons (Fsp3) is 0.364. The van der Waals surface area contributed by atoms with Gasteiger partial charge in [0.2, 0.25) is 0 Å². The molecule has 1 aromatic carbocycles. The topological polar surface area (TPSA) is 73.3 Å². The molecule has 4 nitrogen and oxygen atoms in total. The lowest BCUT2D eigenvalue weighted by atomic mass is 10.1. The van der Waals surface area contributed by atoms with E-state index in [1.54, 1.807) is 0 Å². The molecule has 1 aromatic rings. The standard InChI is InChI=1S/C11H17N3O/c1-2-14(7-8-15)10-6-4-3-5-9(10)11(12)13/h3-6,15H,2,7-8H2,1H3,(H3,12,13). The van der Waals surface area contributed by atoms with Gasteiger partial charge in [-0.3, -0.25) is 5.41 Å². The molecule has 0 radical (unpaired) electrons. The minimum atomic E-state index is 0.0574. The third-order valence-corrected chi connectivity index (χ3v) is 2.29. The summed E-state index contributed by atoms with van der Waals surface area (Å²) in [4.78, 5) is 2.00. The molecule has 0 aromatic heterocycles. The van der Waals surface area contributed by atoms with Crippen LogP contribution in [0.25, 0.3) is 0 Å². The molecule has 0 aliphatic rings.